The summed E-state index contributed by atoms with van der Waals surface area (Å²) in [6, 6.07) is 0. The summed E-state index contributed by atoms with van der Waals surface area (Å²) in [7, 11) is 0. The Bertz CT molecular complexity index is 413. The Morgan fingerprint density at radius 1 is 0.895 bits per heavy atom. The first-order chi connectivity index (χ1) is 8.95. The van der Waals surface area contributed by atoms with Crippen molar-refractivity contribution in [1.29, 1.82) is 0 Å². The van der Waals surface area contributed by atoms with Crippen LogP contribution in [0.1, 0.15) is 38.5 Å². The fourth-order valence-electron chi connectivity index (χ4n) is 1.28. The number of aliphatic carboxylic acids is 1. The molecule has 104 valence electrons. The molecule has 0 radical (unpaired) electrons. The molecule has 1 N–H and O–H groups in total. The van der Waals surface area contributed by atoms with E-state index in [0.29, 0.717) is 0 Å². The first kappa shape index (κ1) is 16.8. The quantitative estimate of drug-likeness (QED) is 0.261. The van der Waals surface area contributed by atoms with Gasteiger partial charge in [-0.1, -0.05) is 5.11 Å². The molecule has 0 saturated heterocycles. The molecule has 0 rings (SSSR count). The summed E-state index contributed by atoms with van der Waals surface area (Å²) in [5.41, 5.74) is 8.00. The van der Waals surface area contributed by atoms with Gasteiger partial charge in [-0.2, -0.15) is 0 Å². The molecule has 8 heteroatoms. The molecule has 0 fully saturated rings. The van der Waals surface area contributed by atoms with Crippen LogP contribution in [0.15, 0.2) is 5.11 Å². The molecule has 0 amide bonds. The lowest BCUT2D eigenvalue weighted by atomic mass is 10.0. The molecule has 0 aromatic rings. The number of hydrogen-bond donors (Lipinski definition) is 1. The maximum absolute atomic E-state index is 11.3. The predicted octanol–water partition coefficient (Wildman–Crippen LogP) is 1.43. The van der Waals surface area contributed by atoms with Crippen LogP contribution in [0.5, 0.6) is 0 Å². The number of nitrogens with zero attached hydrogens (tertiary/aromatic N) is 3. The van der Waals surface area contributed by atoms with E-state index in [0.717, 1.165) is 0 Å². The number of hydrogen-bond acceptors (Lipinski definition) is 5. The van der Waals surface area contributed by atoms with E-state index in [1.807, 2.05) is 0 Å². The molecule has 0 atom stereocenters. The Kier molecular flexibility index (Phi) is 8.64. The molecule has 0 heterocycles. The molecule has 0 aromatic carbocycles. The van der Waals surface area contributed by atoms with Crippen LogP contribution in [-0.2, 0) is 19.2 Å². The van der Waals surface area contributed by atoms with Gasteiger partial charge in [0.1, 0.15) is 23.8 Å². The predicted molar refractivity (Wildman–Crippen MR) is 64.4 cm³/mol. The standard InChI is InChI=1S/C11H15N3O5/c12-14-13-6-5-9(16)2-1-8(15)3-4-10(17)7-11(18)19/h1-7H2,(H,18,19). The highest BCUT2D eigenvalue weighted by atomic mass is 16.4. The second-order valence-corrected chi connectivity index (χ2v) is 3.89. The molecular weight excluding hydrogens is 254 g/mol. The van der Waals surface area contributed by atoms with Crippen molar-refractivity contribution in [3.63, 3.8) is 0 Å². The van der Waals surface area contributed by atoms with Gasteiger partial charge in [0.2, 0.25) is 0 Å². The molecule has 0 aliphatic carbocycles. The zero-order valence-electron chi connectivity index (χ0n) is 10.4. The Morgan fingerprint density at radius 3 is 1.84 bits per heavy atom. The molecule has 0 bridgehead atoms. The lowest BCUT2D eigenvalue weighted by Gasteiger charge is -1.99. The average molecular weight is 269 g/mol. The minimum Gasteiger partial charge on any atom is -0.481 e. The molecule has 19 heavy (non-hydrogen) atoms. The number of carbonyl (C=O) groups is 4. The fourth-order valence-corrected chi connectivity index (χ4v) is 1.28. The van der Waals surface area contributed by atoms with Crippen molar-refractivity contribution >= 4 is 23.3 Å². The largest absolute Gasteiger partial charge is 0.481 e. The lowest BCUT2D eigenvalue weighted by molar-refractivity contribution is -0.140. The molecule has 0 spiro atoms. The third-order valence-electron chi connectivity index (χ3n) is 2.27. The number of carboxylic acid groups (broad SMARTS) is 1. The van der Waals surface area contributed by atoms with Crippen LogP contribution in [0.3, 0.4) is 0 Å². The van der Waals surface area contributed by atoms with Gasteiger partial charge in [0.25, 0.3) is 0 Å². The smallest absolute Gasteiger partial charge is 0.310 e. The zero-order chi connectivity index (χ0) is 14.7. The van der Waals surface area contributed by atoms with Crippen LogP contribution in [-0.4, -0.2) is 35.0 Å². The highest BCUT2D eigenvalue weighted by Crippen LogP contribution is 2.03. The number of ketones is 3. The van der Waals surface area contributed by atoms with Gasteiger partial charge < -0.3 is 5.11 Å². The van der Waals surface area contributed by atoms with Crippen LogP contribution in [0.25, 0.3) is 10.4 Å². The Morgan fingerprint density at radius 2 is 1.37 bits per heavy atom. The van der Waals surface area contributed by atoms with Crippen molar-refractivity contribution in [3.05, 3.63) is 10.4 Å². The van der Waals surface area contributed by atoms with Gasteiger partial charge in [-0.15, -0.1) is 0 Å². The zero-order valence-corrected chi connectivity index (χ0v) is 10.4. The molecular formula is C11H15N3O5. The van der Waals surface area contributed by atoms with Crippen molar-refractivity contribution in [2.24, 2.45) is 5.11 Å². The summed E-state index contributed by atoms with van der Waals surface area (Å²) in [5, 5.41) is 11.5. The average Bonchev–Trinajstić information content (AvgIpc) is 2.33. The van der Waals surface area contributed by atoms with Gasteiger partial charge in [0.15, 0.2) is 0 Å². The monoisotopic (exact) mass is 269 g/mol. The van der Waals surface area contributed by atoms with E-state index in [2.05, 4.69) is 10.0 Å². The maximum Gasteiger partial charge on any atom is 0.310 e. The number of rotatable bonds is 11. The molecule has 0 saturated carbocycles. The van der Waals surface area contributed by atoms with Crippen molar-refractivity contribution in [2.75, 3.05) is 6.54 Å². The lowest BCUT2D eigenvalue weighted by Crippen LogP contribution is -2.10. The van der Waals surface area contributed by atoms with Gasteiger partial charge >= 0.3 is 5.97 Å². The molecule has 8 nitrogen and oxygen atoms in total. The molecule has 0 aliphatic heterocycles. The normalized spacial score (nSPS) is 9.47. The number of azide groups is 1. The Hall–Kier alpha value is -2.21. The molecule has 0 aliphatic rings. The van der Waals surface area contributed by atoms with Gasteiger partial charge in [-0.05, 0) is 5.53 Å². The molecule has 0 unspecified atom stereocenters. The minimum atomic E-state index is -1.22. The first-order valence-corrected chi connectivity index (χ1v) is 5.73. The summed E-state index contributed by atoms with van der Waals surface area (Å²) in [5.74, 6) is -2.16. The Balaban J connectivity index is 3.75. The van der Waals surface area contributed by atoms with Gasteiger partial charge in [-0.25, -0.2) is 0 Å². The number of carbonyl (C=O) groups excluding carboxylic acids is 3. The van der Waals surface area contributed by atoms with E-state index in [9.17, 15) is 19.2 Å². The number of Topliss-reactive ketones (excluding diaryl/α,β-unsaturated/α-hetero) is 3. The maximum atomic E-state index is 11.3. The topological polar surface area (TPSA) is 137 Å². The van der Waals surface area contributed by atoms with Crippen molar-refractivity contribution in [2.45, 2.75) is 38.5 Å². The van der Waals surface area contributed by atoms with Crippen molar-refractivity contribution < 1.29 is 24.3 Å². The number of carboxylic acids is 1. The Labute approximate surface area is 109 Å². The third kappa shape index (κ3) is 10.7. The van der Waals surface area contributed by atoms with E-state index < -0.39 is 18.2 Å². The minimum absolute atomic E-state index is 0.0233. The molecule has 0 aromatic heterocycles. The summed E-state index contributed by atoms with van der Waals surface area (Å²) >= 11 is 0. The second kappa shape index (κ2) is 9.78. The van der Waals surface area contributed by atoms with Crippen molar-refractivity contribution in [1.82, 2.24) is 0 Å². The SMILES string of the molecule is [N-]=[N+]=NCCC(=O)CCC(=O)CCC(=O)CC(=O)O. The van der Waals surface area contributed by atoms with Crippen LogP contribution in [0, 0.1) is 0 Å². The first-order valence-electron chi connectivity index (χ1n) is 5.73. The summed E-state index contributed by atoms with van der Waals surface area (Å²) in [4.78, 5) is 46.3. The summed E-state index contributed by atoms with van der Waals surface area (Å²) in [6.07, 6.45) is -0.580. The van der Waals surface area contributed by atoms with Gasteiger partial charge in [0, 0.05) is 43.6 Å². The fraction of sp³-hybridized carbons (Fsp3) is 0.636. The van der Waals surface area contributed by atoms with E-state index in [1.165, 1.54) is 0 Å². The van der Waals surface area contributed by atoms with E-state index in [1.54, 1.807) is 0 Å². The van der Waals surface area contributed by atoms with Gasteiger partial charge in [0.05, 0.1) is 0 Å². The highest BCUT2D eigenvalue weighted by molar-refractivity contribution is 5.96. The highest BCUT2D eigenvalue weighted by Gasteiger charge is 2.11. The van der Waals surface area contributed by atoms with Crippen LogP contribution in [0.2, 0.25) is 0 Å². The van der Waals surface area contributed by atoms with Crippen LogP contribution < -0.4 is 0 Å². The van der Waals surface area contributed by atoms with E-state index >= 15 is 0 Å². The summed E-state index contributed by atoms with van der Waals surface area (Å²) < 4.78 is 0. The third-order valence-corrected chi connectivity index (χ3v) is 2.27. The summed E-state index contributed by atoms with van der Waals surface area (Å²) in [6.45, 7) is 0.0701. The van der Waals surface area contributed by atoms with E-state index in [4.69, 9.17) is 10.6 Å². The van der Waals surface area contributed by atoms with E-state index in [-0.39, 0.29) is 50.2 Å². The van der Waals surface area contributed by atoms with Crippen LogP contribution in [0.4, 0.5) is 0 Å². The van der Waals surface area contributed by atoms with Crippen molar-refractivity contribution in [3.8, 4) is 0 Å². The van der Waals surface area contributed by atoms with Gasteiger partial charge in [-0.3, -0.25) is 19.2 Å². The van der Waals surface area contributed by atoms with Crippen LogP contribution >= 0.6 is 0 Å². The second-order valence-electron chi connectivity index (χ2n) is 3.89.